The van der Waals surface area contributed by atoms with Gasteiger partial charge in [-0.05, 0) is 33.6 Å². The maximum absolute atomic E-state index is 12.2. The first-order valence-corrected chi connectivity index (χ1v) is 6.72. The van der Waals surface area contributed by atoms with Gasteiger partial charge in [-0.15, -0.1) is 0 Å². The Morgan fingerprint density at radius 1 is 1.47 bits per heavy atom. The molecule has 1 saturated heterocycles. The number of halogens is 1. The summed E-state index contributed by atoms with van der Waals surface area (Å²) in [6.07, 6.45) is 4.61. The van der Waals surface area contributed by atoms with Gasteiger partial charge in [0.2, 0.25) is 0 Å². The number of rotatable bonds is 1. The van der Waals surface area contributed by atoms with Crippen molar-refractivity contribution in [2.75, 3.05) is 6.54 Å². The Hall–Kier alpha value is -1.36. The molecule has 1 fully saturated rings. The second kappa shape index (κ2) is 5.33. The average Bonchev–Trinajstić information content (AvgIpc) is 2.75. The van der Waals surface area contributed by atoms with E-state index >= 15 is 0 Å². The first-order valence-electron chi connectivity index (χ1n) is 6.34. The molecule has 1 amide bonds. The molecule has 1 aliphatic heterocycles. The Balaban J connectivity index is 2.15. The van der Waals surface area contributed by atoms with Crippen LogP contribution in [-0.4, -0.2) is 33.1 Å². The average molecular weight is 284 g/mol. The number of carbonyl (C=O) groups excluding carboxylic acids is 1. The topological polar surface area (TPSA) is 55.3 Å². The number of aromatic nitrogens is 2. The molecule has 6 heteroatoms. The second-order valence-corrected chi connectivity index (χ2v) is 5.99. The van der Waals surface area contributed by atoms with Gasteiger partial charge in [-0.2, -0.15) is 0 Å². The van der Waals surface area contributed by atoms with Crippen molar-refractivity contribution in [1.82, 2.24) is 14.9 Å². The summed E-state index contributed by atoms with van der Waals surface area (Å²) in [6.45, 7) is 6.24. The van der Waals surface area contributed by atoms with Crippen molar-refractivity contribution in [2.45, 2.75) is 45.3 Å². The van der Waals surface area contributed by atoms with Gasteiger partial charge in [0.1, 0.15) is 10.8 Å². The summed E-state index contributed by atoms with van der Waals surface area (Å²) in [4.78, 5) is 22.1. The molecule has 1 aliphatic rings. The van der Waals surface area contributed by atoms with Crippen molar-refractivity contribution in [3.05, 3.63) is 23.2 Å². The van der Waals surface area contributed by atoms with Crippen LogP contribution in [0.5, 0.6) is 0 Å². The number of hydrogen-bond acceptors (Lipinski definition) is 4. The van der Waals surface area contributed by atoms with Gasteiger partial charge in [0.05, 0.1) is 24.1 Å². The first kappa shape index (κ1) is 14.1. The van der Waals surface area contributed by atoms with E-state index in [1.165, 1.54) is 6.20 Å². The van der Waals surface area contributed by atoms with Gasteiger partial charge in [0.15, 0.2) is 0 Å². The SMILES string of the molecule is CC(C)(C)OC(=O)N1CCCC1c1cncc(Cl)n1. The van der Waals surface area contributed by atoms with Gasteiger partial charge in [0, 0.05) is 6.54 Å². The number of nitrogens with zero attached hydrogens (tertiary/aromatic N) is 3. The number of likely N-dealkylation sites (tertiary alicyclic amines) is 1. The lowest BCUT2D eigenvalue weighted by Crippen LogP contribution is -2.36. The molecule has 1 aromatic rings. The zero-order valence-corrected chi connectivity index (χ0v) is 12.1. The molecular formula is C13H18ClN3O2. The largest absolute Gasteiger partial charge is 0.444 e. The summed E-state index contributed by atoms with van der Waals surface area (Å²) in [5.74, 6) is 0. The van der Waals surface area contributed by atoms with Crippen LogP contribution in [0.2, 0.25) is 5.15 Å². The summed E-state index contributed by atoms with van der Waals surface area (Å²) < 4.78 is 5.41. The van der Waals surface area contributed by atoms with Crippen molar-refractivity contribution < 1.29 is 9.53 Å². The predicted molar refractivity (Wildman–Crippen MR) is 72.0 cm³/mol. The third-order valence-electron chi connectivity index (χ3n) is 2.85. The van der Waals surface area contributed by atoms with Crippen LogP contribution in [0.4, 0.5) is 4.79 Å². The van der Waals surface area contributed by atoms with Crippen LogP contribution < -0.4 is 0 Å². The third-order valence-corrected chi connectivity index (χ3v) is 3.03. The Morgan fingerprint density at radius 3 is 2.84 bits per heavy atom. The highest BCUT2D eigenvalue weighted by Crippen LogP contribution is 2.32. The van der Waals surface area contributed by atoms with Gasteiger partial charge in [-0.1, -0.05) is 11.6 Å². The molecule has 2 heterocycles. The molecule has 1 unspecified atom stereocenters. The minimum Gasteiger partial charge on any atom is -0.444 e. The number of carbonyl (C=O) groups is 1. The van der Waals surface area contributed by atoms with Crippen molar-refractivity contribution in [2.24, 2.45) is 0 Å². The van der Waals surface area contributed by atoms with Crippen LogP contribution in [0, 0.1) is 0 Å². The third kappa shape index (κ3) is 3.56. The van der Waals surface area contributed by atoms with E-state index in [0.717, 1.165) is 18.5 Å². The Morgan fingerprint density at radius 2 is 2.21 bits per heavy atom. The normalized spacial score (nSPS) is 19.6. The molecule has 0 saturated carbocycles. The molecule has 5 nitrogen and oxygen atoms in total. The van der Waals surface area contributed by atoms with E-state index < -0.39 is 5.60 Å². The lowest BCUT2D eigenvalue weighted by molar-refractivity contribution is 0.0221. The van der Waals surface area contributed by atoms with Gasteiger partial charge in [0.25, 0.3) is 0 Å². The zero-order chi connectivity index (χ0) is 14.0. The fraction of sp³-hybridized carbons (Fsp3) is 0.615. The van der Waals surface area contributed by atoms with Gasteiger partial charge < -0.3 is 4.74 Å². The second-order valence-electron chi connectivity index (χ2n) is 5.60. The minimum atomic E-state index is -0.496. The molecule has 0 aliphatic carbocycles. The van der Waals surface area contributed by atoms with Crippen molar-refractivity contribution in [1.29, 1.82) is 0 Å². The highest BCUT2D eigenvalue weighted by atomic mass is 35.5. The van der Waals surface area contributed by atoms with E-state index in [0.29, 0.717) is 11.7 Å². The fourth-order valence-corrected chi connectivity index (χ4v) is 2.28. The van der Waals surface area contributed by atoms with E-state index in [4.69, 9.17) is 16.3 Å². The smallest absolute Gasteiger partial charge is 0.410 e. The van der Waals surface area contributed by atoms with Crippen LogP contribution in [0.15, 0.2) is 12.4 Å². The highest BCUT2D eigenvalue weighted by Gasteiger charge is 2.34. The van der Waals surface area contributed by atoms with Crippen LogP contribution in [0.1, 0.15) is 45.3 Å². The highest BCUT2D eigenvalue weighted by molar-refractivity contribution is 6.29. The van der Waals surface area contributed by atoms with E-state index in [1.54, 1.807) is 11.1 Å². The first-order chi connectivity index (χ1) is 8.87. The molecule has 0 radical (unpaired) electrons. The van der Waals surface area contributed by atoms with Crippen LogP contribution in [0.3, 0.4) is 0 Å². The number of hydrogen-bond donors (Lipinski definition) is 0. The van der Waals surface area contributed by atoms with Crippen LogP contribution in [-0.2, 0) is 4.74 Å². The standard InChI is InChI=1S/C13H18ClN3O2/c1-13(2,3)19-12(18)17-6-4-5-10(17)9-7-15-8-11(14)16-9/h7-8,10H,4-6H2,1-3H3. The van der Waals surface area contributed by atoms with Crippen molar-refractivity contribution in [3.63, 3.8) is 0 Å². The number of amides is 1. The maximum atomic E-state index is 12.2. The quantitative estimate of drug-likeness (QED) is 0.794. The van der Waals surface area contributed by atoms with E-state index in [9.17, 15) is 4.79 Å². The van der Waals surface area contributed by atoms with Crippen LogP contribution in [0.25, 0.3) is 0 Å². The number of ether oxygens (including phenoxy) is 1. The van der Waals surface area contributed by atoms with Gasteiger partial charge in [-0.25, -0.2) is 9.78 Å². The molecule has 1 aromatic heterocycles. The zero-order valence-electron chi connectivity index (χ0n) is 11.4. The Bertz CT molecular complexity index is 473. The van der Waals surface area contributed by atoms with Gasteiger partial charge >= 0.3 is 6.09 Å². The molecule has 0 N–H and O–H groups in total. The summed E-state index contributed by atoms with van der Waals surface area (Å²) >= 11 is 5.85. The van der Waals surface area contributed by atoms with Crippen LogP contribution >= 0.6 is 11.6 Å². The summed E-state index contributed by atoms with van der Waals surface area (Å²) in [5, 5.41) is 0.341. The molecule has 19 heavy (non-hydrogen) atoms. The molecule has 2 rings (SSSR count). The molecule has 1 atom stereocenters. The minimum absolute atomic E-state index is 0.0963. The summed E-state index contributed by atoms with van der Waals surface area (Å²) in [6, 6.07) is -0.0963. The van der Waals surface area contributed by atoms with Crippen molar-refractivity contribution in [3.8, 4) is 0 Å². The summed E-state index contributed by atoms with van der Waals surface area (Å²) in [7, 11) is 0. The Labute approximate surface area is 117 Å². The molecule has 104 valence electrons. The van der Waals surface area contributed by atoms with E-state index in [-0.39, 0.29) is 12.1 Å². The lowest BCUT2D eigenvalue weighted by Gasteiger charge is -2.28. The summed E-state index contributed by atoms with van der Waals surface area (Å²) in [5.41, 5.74) is 0.223. The Kier molecular flexibility index (Phi) is 3.94. The van der Waals surface area contributed by atoms with Gasteiger partial charge in [-0.3, -0.25) is 9.88 Å². The molecular weight excluding hydrogens is 266 g/mol. The lowest BCUT2D eigenvalue weighted by atomic mass is 10.1. The van der Waals surface area contributed by atoms with Crippen molar-refractivity contribution >= 4 is 17.7 Å². The monoisotopic (exact) mass is 283 g/mol. The predicted octanol–water partition coefficient (Wildman–Crippen LogP) is 3.20. The van der Waals surface area contributed by atoms with E-state index in [1.807, 2.05) is 20.8 Å². The molecule has 0 aromatic carbocycles. The van der Waals surface area contributed by atoms with E-state index in [2.05, 4.69) is 9.97 Å². The maximum Gasteiger partial charge on any atom is 0.410 e. The molecule has 0 bridgehead atoms. The molecule has 0 spiro atoms. The fourth-order valence-electron chi connectivity index (χ4n) is 2.13.